The molecule has 4 heteroatoms. The van der Waals surface area contributed by atoms with Gasteiger partial charge in [-0.15, -0.1) is 0 Å². The van der Waals surface area contributed by atoms with Crippen molar-refractivity contribution in [1.29, 1.82) is 0 Å². The fraction of sp³-hybridized carbons (Fsp3) is 0.389. The van der Waals surface area contributed by atoms with Crippen molar-refractivity contribution in [3.05, 3.63) is 60.1 Å². The van der Waals surface area contributed by atoms with E-state index in [2.05, 4.69) is 46.8 Å². The van der Waals surface area contributed by atoms with Gasteiger partial charge in [-0.05, 0) is 30.5 Å². The Morgan fingerprint density at radius 3 is 2.45 bits per heavy atom. The number of benzene rings is 1. The van der Waals surface area contributed by atoms with Crippen molar-refractivity contribution in [3.8, 4) is 0 Å². The Morgan fingerprint density at radius 2 is 1.77 bits per heavy atom. The monoisotopic (exact) mass is 299 g/mol. The maximum Gasteiger partial charge on any atom is 0.191 e. The number of nitrogens with zero attached hydrogens (tertiary/aromatic N) is 1. The van der Waals surface area contributed by atoms with Gasteiger partial charge in [0, 0.05) is 26.1 Å². The third-order valence-corrected chi connectivity index (χ3v) is 3.29. The summed E-state index contributed by atoms with van der Waals surface area (Å²) in [5.41, 5.74) is 1.33. The smallest absolute Gasteiger partial charge is 0.191 e. The lowest BCUT2D eigenvalue weighted by Gasteiger charge is -2.12. The Morgan fingerprint density at radius 1 is 1.00 bits per heavy atom. The lowest BCUT2D eigenvalue weighted by atomic mass is 10.1. The zero-order chi connectivity index (χ0) is 15.5. The van der Waals surface area contributed by atoms with E-state index in [1.165, 1.54) is 5.56 Å². The Kier molecular flexibility index (Phi) is 7.09. The zero-order valence-electron chi connectivity index (χ0n) is 13.2. The molecule has 0 radical (unpaired) electrons. The second-order valence-corrected chi connectivity index (χ2v) is 5.15. The van der Waals surface area contributed by atoms with Crippen LogP contribution in [0.25, 0.3) is 0 Å². The molecule has 1 aromatic heterocycles. The molecule has 0 aliphatic heterocycles. The molecule has 0 fully saturated rings. The Bertz CT molecular complexity index is 535. The average molecular weight is 299 g/mol. The van der Waals surface area contributed by atoms with Crippen molar-refractivity contribution < 1.29 is 4.42 Å². The maximum atomic E-state index is 5.34. The Labute approximate surface area is 132 Å². The molecular weight excluding hydrogens is 274 g/mol. The van der Waals surface area contributed by atoms with Crippen LogP contribution < -0.4 is 10.6 Å². The van der Waals surface area contributed by atoms with Crippen LogP contribution in [0.1, 0.15) is 24.7 Å². The summed E-state index contributed by atoms with van der Waals surface area (Å²) in [4.78, 5) is 4.56. The number of nitrogens with one attached hydrogen (secondary N) is 2. The van der Waals surface area contributed by atoms with Gasteiger partial charge < -0.3 is 15.1 Å². The van der Waals surface area contributed by atoms with Gasteiger partial charge in [0.2, 0.25) is 0 Å². The molecule has 118 valence electrons. The van der Waals surface area contributed by atoms with Crippen LogP contribution in [0, 0.1) is 0 Å². The van der Waals surface area contributed by atoms with Gasteiger partial charge in [-0.3, -0.25) is 4.99 Å². The predicted molar refractivity (Wildman–Crippen MR) is 91.2 cm³/mol. The molecule has 1 aromatic carbocycles. The number of guanidine groups is 1. The van der Waals surface area contributed by atoms with Crippen molar-refractivity contribution in [2.24, 2.45) is 4.99 Å². The second kappa shape index (κ2) is 9.66. The van der Waals surface area contributed by atoms with E-state index in [0.29, 0.717) is 0 Å². The third-order valence-electron chi connectivity index (χ3n) is 3.29. The average Bonchev–Trinajstić information content (AvgIpc) is 3.06. The van der Waals surface area contributed by atoms with Crippen molar-refractivity contribution in [2.75, 3.05) is 19.6 Å². The normalized spacial score (nSPS) is 11.4. The molecule has 0 saturated carbocycles. The number of aliphatic imine (C=N–C) groups is 1. The minimum absolute atomic E-state index is 0.814. The largest absolute Gasteiger partial charge is 0.469 e. The van der Waals surface area contributed by atoms with E-state index >= 15 is 0 Å². The number of furan rings is 1. The summed E-state index contributed by atoms with van der Waals surface area (Å²) in [6.45, 7) is 4.66. The predicted octanol–water partition coefficient (Wildman–Crippen LogP) is 3.01. The van der Waals surface area contributed by atoms with Crippen molar-refractivity contribution in [2.45, 2.75) is 26.2 Å². The molecule has 0 aliphatic carbocycles. The second-order valence-electron chi connectivity index (χ2n) is 5.15. The fourth-order valence-electron chi connectivity index (χ4n) is 2.13. The lowest BCUT2D eigenvalue weighted by Crippen LogP contribution is -2.39. The first kappa shape index (κ1) is 16.1. The van der Waals surface area contributed by atoms with E-state index in [0.717, 1.165) is 50.6 Å². The van der Waals surface area contributed by atoms with E-state index in [1.807, 2.05) is 18.2 Å². The van der Waals surface area contributed by atoms with Crippen LogP contribution in [-0.2, 0) is 12.8 Å². The van der Waals surface area contributed by atoms with Crippen molar-refractivity contribution in [1.82, 2.24) is 10.6 Å². The molecule has 0 saturated heterocycles. The highest BCUT2D eigenvalue weighted by Gasteiger charge is 2.00. The molecule has 0 atom stereocenters. The van der Waals surface area contributed by atoms with E-state index in [-0.39, 0.29) is 0 Å². The van der Waals surface area contributed by atoms with E-state index in [9.17, 15) is 0 Å². The molecule has 0 bridgehead atoms. The van der Waals surface area contributed by atoms with Crippen LogP contribution >= 0.6 is 0 Å². The molecule has 0 amide bonds. The molecule has 22 heavy (non-hydrogen) atoms. The molecule has 0 spiro atoms. The van der Waals surface area contributed by atoms with Crippen LogP contribution in [0.3, 0.4) is 0 Å². The summed E-state index contributed by atoms with van der Waals surface area (Å²) < 4.78 is 5.34. The summed E-state index contributed by atoms with van der Waals surface area (Å²) in [7, 11) is 0. The fourth-order valence-corrected chi connectivity index (χ4v) is 2.13. The first-order valence-corrected chi connectivity index (χ1v) is 7.97. The van der Waals surface area contributed by atoms with E-state index in [1.54, 1.807) is 6.26 Å². The lowest BCUT2D eigenvalue weighted by molar-refractivity contribution is 0.506. The van der Waals surface area contributed by atoms with Crippen LogP contribution in [0.15, 0.2) is 58.1 Å². The minimum Gasteiger partial charge on any atom is -0.469 e. The molecule has 2 N–H and O–H groups in total. The van der Waals surface area contributed by atoms with Gasteiger partial charge in [-0.1, -0.05) is 37.3 Å². The highest BCUT2D eigenvalue weighted by Crippen LogP contribution is 2.00. The van der Waals surface area contributed by atoms with Crippen molar-refractivity contribution in [3.63, 3.8) is 0 Å². The van der Waals surface area contributed by atoms with E-state index < -0.39 is 0 Å². The molecule has 1 heterocycles. The van der Waals surface area contributed by atoms with Gasteiger partial charge >= 0.3 is 0 Å². The van der Waals surface area contributed by atoms with Crippen LogP contribution in [-0.4, -0.2) is 25.6 Å². The molecule has 4 nitrogen and oxygen atoms in total. The SMILES string of the molecule is CCCN=C(NCCc1ccccc1)NCCc1ccco1. The first-order valence-electron chi connectivity index (χ1n) is 7.97. The highest BCUT2D eigenvalue weighted by molar-refractivity contribution is 5.79. The topological polar surface area (TPSA) is 49.6 Å². The molecule has 2 rings (SSSR count). The van der Waals surface area contributed by atoms with Crippen LogP contribution in [0.2, 0.25) is 0 Å². The van der Waals surface area contributed by atoms with E-state index in [4.69, 9.17) is 4.42 Å². The highest BCUT2D eigenvalue weighted by atomic mass is 16.3. The Balaban J connectivity index is 1.73. The summed E-state index contributed by atoms with van der Waals surface area (Å²) in [6, 6.07) is 14.4. The molecule has 0 aliphatic rings. The quantitative estimate of drug-likeness (QED) is 0.582. The van der Waals surface area contributed by atoms with Gasteiger partial charge in [-0.25, -0.2) is 0 Å². The maximum absolute atomic E-state index is 5.34. The molecule has 2 aromatic rings. The van der Waals surface area contributed by atoms with Crippen molar-refractivity contribution >= 4 is 5.96 Å². The summed E-state index contributed by atoms with van der Waals surface area (Å²) in [5.74, 6) is 1.87. The summed E-state index contributed by atoms with van der Waals surface area (Å²) in [6.07, 6.45) is 4.60. The van der Waals surface area contributed by atoms with Gasteiger partial charge in [-0.2, -0.15) is 0 Å². The van der Waals surface area contributed by atoms with Crippen LogP contribution in [0.4, 0.5) is 0 Å². The number of hydrogen-bond acceptors (Lipinski definition) is 2. The number of hydrogen-bond donors (Lipinski definition) is 2. The molecular formula is C18H25N3O. The third kappa shape index (κ3) is 6.04. The first-order chi connectivity index (χ1) is 10.9. The summed E-state index contributed by atoms with van der Waals surface area (Å²) >= 11 is 0. The van der Waals surface area contributed by atoms with Gasteiger partial charge in [0.1, 0.15) is 5.76 Å². The van der Waals surface area contributed by atoms with Gasteiger partial charge in [0.15, 0.2) is 5.96 Å². The standard InChI is InChI=1S/C18H25N3O/c1-2-12-19-18(21-14-11-17-9-6-15-22-17)20-13-10-16-7-4-3-5-8-16/h3-9,15H,2,10-14H2,1H3,(H2,19,20,21). The Hall–Kier alpha value is -2.23. The van der Waals surface area contributed by atoms with Crippen LogP contribution in [0.5, 0.6) is 0 Å². The minimum atomic E-state index is 0.814. The summed E-state index contributed by atoms with van der Waals surface area (Å²) in [5, 5.41) is 6.75. The van der Waals surface area contributed by atoms with Gasteiger partial charge in [0.05, 0.1) is 6.26 Å². The van der Waals surface area contributed by atoms with Gasteiger partial charge in [0.25, 0.3) is 0 Å². The number of rotatable bonds is 8. The molecule has 0 unspecified atom stereocenters. The zero-order valence-corrected chi connectivity index (χ0v) is 13.2.